The maximum atomic E-state index is 16.4. The number of carbonyl (C=O) groups excluding carboxylic acids is 4. The normalized spacial score (nSPS) is 28.9. The molecule has 6 saturated heterocycles. The molecule has 7 aliphatic heterocycles. The molecule has 9 aromatic carbocycles. The van der Waals surface area contributed by atoms with Gasteiger partial charge in [-0.25, -0.2) is 9.59 Å². The van der Waals surface area contributed by atoms with Gasteiger partial charge < -0.3 is 90.4 Å². The number of unbranched alkanes of at least 4 members (excludes halogenated alkanes) is 11. The Morgan fingerprint density at radius 2 is 0.778 bits per heavy atom. The molecular formula is C102H113NO23. The summed E-state index contributed by atoms with van der Waals surface area (Å²) >= 11 is 0. The number of aliphatic hydroxyl groups excluding tert-OH is 1. The number of imide groups is 1. The molecule has 6 fully saturated rings. The average Bonchev–Trinajstić information content (AvgIpc) is 1.33. The summed E-state index contributed by atoms with van der Waals surface area (Å²) in [6.07, 6.45) is -15.9. The summed E-state index contributed by atoms with van der Waals surface area (Å²) in [6.45, 7) is 3.70. The second-order valence-electron chi connectivity index (χ2n) is 33.0. The van der Waals surface area contributed by atoms with Crippen LogP contribution < -0.4 is 0 Å². The number of benzene rings is 9. The second-order valence-corrected chi connectivity index (χ2v) is 33.0. The quantitative estimate of drug-likeness (QED) is 0.0213. The van der Waals surface area contributed by atoms with Crippen molar-refractivity contribution in [1.82, 2.24) is 4.90 Å². The number of amides is 2. The van der Waals surface area contributed by atoms with Gasteiger partial charge in [0.05, 0.1) is 74.6 Å². The molecule has 0 aliphatic carbocycles. The molecule has 24 nitrogen and oxygen atoms in total. The summed E-state index contributed by atoms with van der Waals surface area (Å²) in [4.78, 5) is 64.2. The van der Waals surface area contributed by atoms with Gasteiger partial charge in [0, 0.05) is 17.7 Å². The van der Waals surface area contributed by atoms with Gasteiger partial charge in [-0.2, -0.15) is 0 Å². The minimum atomic E-state index is -1.93. The molecular weight excluding hydrogens is 1610 g/mol. The van der Waals surface area contributed by atoms with Crippen LogP contribution in [0.4, 0.5) is 0 Å². The van der Waals surface area contributed by atoms with E-state index in [0.29, 0.717) is 17.5 Å². The molecule has 0 aromatic heterocycles. The Morgan fingerprint density at radius 3 is 1.29 bits per heavy atom. The number of rotatable bonds is 40. The van der Waals surface area contributed by atoms with Crippen LogP contribution in [0.15, 0.2) is 267 Å². The largest absolute Gasteiger partial charge is 0.450 e. The van der Waals surface area contributed by atoms with Gasteiger partial charge in [-0.1, -0.05) is 308 Å². The van der Waals surface area contributed by atoms with E-state index in [0.717, 1.165) is 52.8 Å². The number of fused-ring (bicyclic) bond motifs is 3. The number of hydrogen-bond acceptors (Lipinski definition) is 23. The molecule has 126 heavy (non-hydrogen) atoms. The molecule has 7 aliphatic rings. The Kier molecular flexibility index (Phi) is 32.0. The molecule has 0 radical (unpaired) electrons. The maximum absolute atomic E-state index is 16.4. The Morgan fingerprint density at radius 1 is 0.373 bits per heavy atom. The van der Waals surface area contributed by atoms with Crippen molar-refractivity contribution >= 4 is 23.8 Å². The summed E-state index contributed by atoms with van der Waals surface area (Å²) in [5.41, 5.74) is 4.89. The Balaban J connectivity index is 0.851. The van der Waals surface area contributed by atoms with Gasteiger partial charge >= 0.3 is 11.9 Å². The fraction of sp³-hybridized carbons (Fsp3) is 0.431. The molecule has 0 bridgehead atoms. The lowest BCUT2D eigenvalue weighted by Crippen LogP contribution is -2.72. The molecule has 0 spiro atoms. The van der Waals surface area contributed by atoms with Crippen molar-refractivity contribution in [3.05, 3.63) is 323 Å². The van der Waals surface area contributed by atoms with Crippen molar-refractivity contribution in [3.63, 3.8) is 0 Å². The van der Waals surface area contributed by atoms with E-state index in [2.05, 4.69) is 6.92 Å². The molecule has 16 rings (SSSR count). The van der Waals surface area contributed by atoms with Crippen LogP contribution in [-0.4, -0.2) is 183 Å². The van der Waals surface area contributed by atoms with Gasteiger partial charge in [-0.05, 0) is 72.0 Å². The monoisotopic (exact) mass is 1720 g/mol. The summed E-state index contributed by atoms with van der Waals surface area (Å²) < 4.78 is 129. The molecule has 2 unspecified atom stereocenters. The van der Waals surface area contributed by atoms with Crippen molar-refractivity contribution in [2.45, 2.75) is 253 Å². The predicted octanol–water partition coefficient (Wildman–Crippen LogP) is 16.5. The van der Waals surface area contributed by atoms with Gasteiger partial charge in [-0.3, -0.25) is 14.5 Å². The van der Waals surface area contributed by atoms with E-state index in [1.54, 1.807) is 84.9 Å². The summed E-state index contributed by atoms with van der Waals surface area (Å²) in [5.74, 6) is -3.22. The highest BCUT2D eigenvalue weighted by molar-refractivity contribution is 6.21. The lowest BCUT2D eigenvalue weighted by molar-refractivity contribution is -0.409. The SMILES string of the molecule is CCCCCCCCCCCCCCO[C@@H]1O[C@@H]2COC(c3ccccc3)O[C@@H]2[C@H](O[C@@H]2O[C@H](COCc3ccccc3)[C@@H](O[C@@H]3O[C@@H]4COC(c5ccccc5)O[C@@H]4[C@H](O)[C@H]3OC(=O)c3ccccc3)[C@H](O[C@@H]3O[C@@H](C)[C@@H](OCc4ccccc4)[C@@H](OCc4ccccc4)[C@@H]3OCc3ccccc3)[C@H]2N2C(=O)c3ccccc3C2=O)[C@H]1OC(=O)c1ccccc1. The van der Waals surface area contributed by atoms with Crippen molar-refractivity contribution in [3.8, 4) is 0 Å². The Labute approximate surface area is 736 Å². The molecule has 664 valence electrons. The van der Waals surface area contributed by atoms with Crippen LogP contribution >= 0.6 is 0 Å². The van der Waals surface area contributed by atoms with E-state index >= 15 is 14.4 Å². The molecule has 9 aromatic rings. The van der Waals surface area contributed by atoms with Crippen LogP contribution in [0.25, 0.3) is 0 Å². The highest BCUT2D eigenvalue weighted by Crippen LogP contribution is 2.46. The van der Waals surface area contributed by atoms with Crippen LogP contribution in [0.2, 0.25) is 0 Å². The number of hydrogen-bond donors (Lipinski definition) is 1. The van der Waals surface area contributed by atoms with Crippen molar-refractivity contribution in [1.29, 1.82) is 0 Å². The topological polar surface area (TPSA) is 258 Å². The van der Waals surface area contributed by atoms with Crippen LogP contribution in [0.1, 0.15) is 178 Å². The fourth-order valence-electron chi connectivity index (χ4n) is 17.5. The molecule has 22 atom stereocenters. The molecule has 7 heterocycles. The van der Waals surface area contributed by atoms with Crippen LogP contribution in [0.3, 0.4) is 0 Å². The fourth-order valence-corrected chi connectivity index (χ4v) is 17.5. The lowest BCUT2D eigenvalue weighted by Gasteiger charge is -2.54. The van der Waals surface area contributed by atoms with Crippen LogP contribution in [0, 0.1) is 0 Å². The molecule has 0 saturated carbocycles. The first kappa shape index (κ1) is 89.8. The number of esters is 2. The summed E-state index contributed by atoms with van der Waals surface area (Å²) in [7, 11) is 0. The van der Waals surface area contributed by atoms with Gasteiger partial charge in [0.25, 0.3) is 11.8 Å². The first-order valence-electron chi connectivity index (χ1n) is 44.6. The third-order valence-corrected chi connectivity index (χ3v) is 24.1. The van der Waals surface area contributed by atoms with Crippen molar-refractivity contribution in [2.75, 3.05) is 26.4 Å². The zero-order valence-electron chi connectivity index (χ0n) is 71.1. The van der Waals surface area contributed by atoms with Gasteiger partial charge in [-0.15, -0.1) is 0 Å². The Hall–Kier alpha value is -9.62. The minimum Gasteiger partial charge on any atom is -0.450 e. The van der Waals surface area contributed by atoms with E-state index in [9.17, 15) is 9.90 Å². The average molecular weight is 1720 g/mol. The van der Waals surface area contributed by atoms with E-state index in [1.165, 1.54) is 44.9 Å². The zero-order valence-corrected chi connectivity index (χ0v) is 71.1. The smallest absolute Gasteiger partial charge is 0.338 e. The highest BCUT2D eigenvalue weighted by atomic mass is 16.8. The van der Waals surface area contributed by atoms with Gasteiger partial charge in [0.2, 0.25) is 0 Å². The maximum Gasteiger partial charge on any atom is 0.338 e. The summed E-state index contributed by atoms with van der Waals surface area (Å²) in [5, 5.41) is 13.3. The number of aliphatic hydroxyl groups is 1. The minimum absolute atomic E-state index is 0.0130. The standard InChI is InChI=1S/C102H113NO23/c1-3-4-5-6-7-8-9-10-11-12-13-40-59-110-100-92(121-96(108)73-51-32-19-33-52-73)90(86-80(118-100)66-115-98(123-86)75-55-36-21-37-56-75)126-99-81(103-93(105)76-57-38-39-58-77(76)94(103)106)87(125-102-91(113-63-71-47-28-17-29-48-71)89(112-62-70-45-26-16-27-46-70)83(67(2)116-102)111-61-69-43-24-15-25-44-69)85(78(117-99)64-109-60-68-41-22-14-23-42-68)124-101-88(120-95(107)72-49-30-18-31-50-72)82(104)84-79(119-101)65-114-97(122-84)74-53-34-20-35-54-74/h14-39,41-58,67,78-92,97-102,104H,3-13,40,59-66H2,1-2H3/t67-,78+,79+,80+,81+,82-,83+,84-,85+,86-,87+,88+,89+,90-,91-,92+,97?,98?,99-,100+,101-,102-/m0/s1. The van der Waals surface area contributed by atoms with E-state index in [-0.39, 0.29) is 68.5 Å². The van der Waals surface area contributed by atoms with Crippen molar-refractivity contribution in [2.24, 2.45) is 0 Å². The second kappa shape index (κ2) is 44.9. The number of carbonyl (C=O) groups is 4. The highest BCUT2D eigenvalue weighted by Gasteiger charge is 2.63. The zero-order chi connectivity index (χ0) is 86.3. The van der Waals surface area contributed by atoms with Crippen LogP contribution in [0.5, 0.6) is 0 Å². The third kappa shape index (κ3) is 22.5. The third-order valence-electron chi connectivity index (χ3n) is 24.1. The molecule has 1 N–H and O–H groups in total. The molecule has 2 amide bonds. The van der Waals surface area contributed by atoms with Crippen LogP contribution in [-0.2, 0) is 112 Å². The summed E-state index contributed by atoms with van der Waals surface area (Å²) in [6, 6.07) is 78.2. The van der Waals surface area contributed by atoms with Gasteiger partial charge in [0.1, 0.15) is 79.3 Å². The van der Waals surface area contributed by atoms with Crippen molar-refractivity contribution < 1.29 is 110 Å². The number of ether oxygens (including phenoxy) is 18. The lowest BCUT2D eigenvalue weighted by atomic mass is 9.92. The van der Waals surface area contributed by atoms with E-state index in [1.807, 2.05) is 189 Å². The first-order valence-corrected chi connectivity index (χ1v) is 44.6. The Bertz CT molecular complexity index is 4790. The molecule has 24 heteroatoms. The van der Waals surface area contributed by atoms with Gasteiger partial charge in [0.15, 0.2) is 49.9 Å². The first-order chi connectivity index (χ1) is 62.0. The predicted molar refractivity (Wildman–Crippen MR) is 461 cm³/mol. The van der Waals surface area contributed by atoms with E-state index in [4.69, 9.17) is 85.3 Å². The number of nitrogens with zero attached hydrogens (tertiary/aromatic N) is 1. The van der Waals surface area contributed by atoms with E-state index < -0.39 is 166 Å².